The molecule has 0 aliphatic carbocycles. The molecule has 100 valence electrons. The number of esters is 1. The smallest absolute Gasteiger partial charge is 0.341 e. The highest BCUT2D eigenvalue weighted by Gasteiger charge is 2.15. The van der Waals surface area contributed by atoms with Crippen LogP contribution in [-0.2, 0) is 4.74 Å². The van der Waals surface area contributed by atoms with Gasteiger partial charge in [0.15, 0.2) is 0 Å². The van der Waals surface area contributed by atoms with Crippen LogP contribution in [-0.4, -0.2) is 35.9 Å². The lowest BCUT2D eigenvalue weighted by molar-refractivity contribution is 0.0597. The van der Waals surface area contributed by atoms with E-state index < -0.39 is 12.1 Å². The first-order valence-electron chi connectivity index (χ1n) is 5.78. The number of nitrogens with one attached hydrogen (secondary N) is 1. The lowest BCUT2D eigenvalue weighted by Gasteiger charge is -2.15. The number of ether oxygens (including phenoxy) is 1. The molecule has 0 spiro atoms. The quantitative estimate of drug-likeness (QED) is 0.687. The molecule has 0 aliphatic rings. The lowest BCUT2D eigenvalue weighted by atomic mass is 10.0. The summed E-state index contributed by atoms with van der Waals surface area (Å²) in [5, 5.41) is 22.6. The van der Waals surface area contributed by atoms with E-state index in [9.17, 15) is 15.0 Å². The Morgan fingerprint density at radius 3 is 2.67 bits per heavy atom. The topological polar surface area (TPSA) is 78.8 Å². The number of aliphatic hydroxyl groups is 1. The number of carbonyl (C=O) groups excluding carboxylic acids is 1. The molecule has 0 bridgehead atoms. The second kappa shape index (κ2) is 6.37. The van der Waals surface area contributed by atoms with Crippen LogP contribution in [0, 0.1) is 0 Å². The van der Waals surface area contributed by atoms with Gasteiger partial charge in [-0.1, -0.05) is 19.9 Å². The third-order valence-electron chi connectivity index (χ3n) is 2.53. The highest BCUT2D eigenvalue weighted by atomic mass is 16.5. The molecule has 5 heteroatoms. The molecule has 1 aromatic carbocycles. The molecule has 0 saturated carbocycles. The van der Waals surface area contributed by atoms with Gasteiger partial charge in [0.2, 0.25) is 0 Å². The Morgan fingerprint density at radius 1 is 1.44 bits per heavy atom. The van der Waals surface area contributed by atoms with E-state index in [-0.39, 0.29) is 17.4 Å². The average molecular weight is 253 g/mol. The fraction of sp³-hybridized carbons (Fsp3) is 0.462. The fourth-order valence-corrected chi connectivity index (χ4v) is 1.50. The molecular weight excluding hydrogens is 234 g/mol. The van der Waals surface area contributed by atoms with Crippen LogP contribution in [0.4, 0.5) is 0 Å². The number of rotatable bonds is 5. The first kappa shape index (κ1) is 14.5. The molecule has 1 aromatic rings. The maximum absolute atomic E-state index is 11.4. The number of carbonyl (C=O) groups is 1. The Morgan fingerprint density at radius 2 is 2.11 bits per heavy atom. The van der Waals surface area contributed by atoms with E-state index in [1.165, 1.54) is 19.2 Å². The molecule has 1 unspecified atom stereocenters. The number of hydrogen-bond donors (Lipinski definition) is 3. The van der Waals surface area contributed by atoms with Gasteiger partial charge in [-0.2, -0.15) is 0 Å². The monoisotopic (exact) mass is 253 g/mol. The van der Waals surface area contributed by atoms with Crippen molar-refractivity contribution >= 4 is 5.97 Å². The van der Waals surface area contributed by atoms with Crippen LogP contribution >= 0.6 is 0 Å². The molecule has 0 saturated heterocycles. The molecule has 3 N–H and O–H groups in total. The number of hydrogen-bond acceptors (Lipinski definition) is 5. The van der Waals surface area contributed by atoms with E-state index >= 15 is 0 Å². The van der Waals surface area contributed by atoms with Gasteiger partial charge in [-0.3, -0.25) is 0 Å². The van der Waals surface area contributed by atoms with Gasteiger partial charge in [0.1, 0.15) is 11.3 Å². The first-order chi connectivity index (χ1) is 8.45. The van der Waals surface area contributed by atoms with Crippen molar-refractivity contribution in [2.45, 2.75) is 26.0 Å². The van der Waals surface area contributed by atoms with Crippen molar-refractivity contribution in [1.82, 2.24) is 5.32 Å². The van der Waals surface area contributed by atoms with Gasteiger partial charge >= 0.3 is 5.97 Å². The van der Waals surface area contributed by atoms with Crippen molar-refractivity contribution in [3.63, 3.8) is 0 Å². The number of aromatic hydroxyl groups is 1. The summed E-state index contributed by atoms with van der Waals surface area (Å²) in [6, 6.07) is 4.65. The van der Waals surface area contributed by atoms with Crippen LogP contribution in [0.15, 0.2) is 18.2 Å². The summed E-state index contributed by atoms with van der Waals surface area (Å²) < 4.78 is 4.55. The predicted octanol–water partition coefficient (Wildman–Crippen LogP) is 1.21. The predicted molar refractivity (Wildman–Crippen MR) is 67.5 cm³/mol. The van der Waals surface area contributed by atoms with Crippen molar-refractivity contribution in [2.24, 2.45) is 0 Å². The lowest BCUT2D eigenvalue weighted by Crippen LogP contribution is -2.28. The summed E-state index contributed by atoms with van der Waals surface area (Å²) in [5.41, 5.74) is 0.611. The van der Waals surface area contributed by atoms with Crippen molar-refractivity contribution in [2.75, 3.05) is 13.7 Å². The summed E-state index contributed by atoms with van der Waals surface area (Å²) in [4.78, 5) is 11.4. The SMILES string of the molecule is COC(=O)c1cc(C(O)CNC(C)C)ccc1O. The Hall–Kier alpha value is -1.59. The molecule has 0 aromatic heterocycles. The molecule has 5 nitrogen and oxygen atoms in total. The maximum atomic E-state index is 11.4. The minimum absolute atomic E-state index is 0.0543. The fourth-order valence-electron chi connectivity index (χ4n) is 1.50. The van der Waals surface area contributed by atoms with E-state index in [1.54, 1.807) is 6.07 Å². The van der Waals surface area contributed by atoms with Crippen LogP contribution < -0.4 is 5.32 Å². The van der Waals surface area contributed by atoms with Gasteiger partial charge < -0.3 is 20.3 Å². The van der Waals surface area contributed by atoms with E-state index in [1.807, 2.05) is 13.8 Å². The highest BCUT2D eigenvalue weighted by Crippen LogP contribution is 2.23. The summed E-state index contributed by atoms with van der Waals surface area (Å²) in [6.45, 7) is 4.33. The second-order valence-corrected chi connectivity index (χ2v) is 4.35. The Labute approximate surface area is 106 Å². The van der Waals surface area contributed by atoms with Crippen LogP contribution in [0.2, 0.25) is 0 Å². The molecule has 0 amide bonds. The standard InChI is InChI=1S/C13H19NO4/c1-8(2)14-7-12(16)9-4-5-11(15)10(6-9)13(17)18-3/h4-6,8,12,14-16H,7H2,1-3H3. The molecule has 1 rings (SSSR count). The van der Waals surface area contributed by atoms with E-state index in [4.69, 9.17) is 0 Å². The Kier molecular flexibility index (Phi) is 5.12. The molecule has 0 radical (unpaired) electrons. The third-order valence-corrected chi connectivity index (χ3v) is 2.53. The van der Waals surface area contributed by atoms with Gasteiger partial charge in [0, 0.05) is 12.6 Å². The van der Waals surface area contributed by atoms with Gasteiger partial charge in [-0.15, -0.1) is 0 Å². The van der Waals surface area contributed by atoms with Gasteiger partial charge in [-0.25, -0.2) is 4.79 Å². The third kappa shape index (κ3) is 3.72. The van der Waals surface area contributed by atoms with Crippen LogP contribution in [0.1, 0.15) is 35.9 Å². The number of phenols is 1. The minimum atomic E-state index is -0.739. The molecule has 0 aliphatic heterocycles. The second-order valence-electron chi connectivity index (χ2n) is 4.35. The Balaban J connectivity index is 2.87. The highest BCUT2D eigenvalue weighted by molar-refractivity contribution is 5.92. The number of benzene rings is 1. The summed E-state index contributed by atoms with van der Waals surface area (Å²) in [7, 11) is 1.24. The first-order valence-corrected chi connectivity index (χ1v) is 5.78. The zero-order valence-electron chi connectivity index (χ0n) is 10.8. The molecule has 0 heterocycles. The zero-order valence-corrected chi connectivity index (χ0v) is 10.8. The average Bonchev–Trinajstić information content (AvgIpc) is 2.35. The summed E-state index contributed by atoms with van der Waals surface area (Å²) in [5.74, 6) is -0.784. The van der Waals surface area contributed by atoms with Crippen LogP contribution in [0.25, 0.3) is 0 Å². The molecular formula is C13H19NO4. The molecule has 1 atom stereocenters. The maximum Gasteiger partial charge on any atom is 0.341 e. The van der Waals surface area contributed by atoms with Gasteiger partial charge in [-0.05, 0) is 17.7 Å². The number of methoxy groups -OCH3 is 1. The van der Waals surface area contributed by atoms with Gasteiger partial charge in [0.25, 0.3) is 0 Å². The van der Waals surface area contributed by atoms with E-state index in [2.05, 4.69) is 10.1 Å². The largest absolute Gasteiger partial charge is 0.507 e. The van der Waals surface area contributed by atoms with E-state index in [0.717, 1.165) is 0 Å². The van der Waals surface area contributed by atoms with E-state index in [0.29, 0.717) is 12.1 Å². The normalized spacial score (nSPS) is 12.5. The van der Waals surface area contributed by atoms with Crippen molar-refractivity contribution in [3.05, 3.63) is 29.3 Å². The van der Waals surface area contributed by atoms with Crippen molar-refractivity contribution in [3.8, 4) is 5.75 Å². The zero-order chi connectivity index (χ0) is 13.7. The van der Waals surface area contributed by atoms with Crippen LogP contribution in [0.5, 0.6) is 5.75 Å². The number of aliphatic hydroxyl groups excluding tert-OH is 1. The van der Waals surface area contributed by atoms with Gasteiger partial charge in [0.05, 0.1) is 13.2 Å². The van der Waals surface area contributed by atoms with Crippen molar-refractivity contribution in [1.29, 1.82) is 0 Å². The molecule has 0 fully saturated rings. The molecule has 18 heavy (non-hydrogen) atoms. The van der Waals surface area contributed by atoms with Crippen LogP contribution in [0.3, 0.4) is 0 Å². The summed E-state index contributed by atoms with van der Waals surface area (Å²) in [6.07, 6.45) is -0.739. The summed E-state index contributed by atoms with van der Waals surface area (Å²) >= 11 is 0. The minimum Gasteiger partial charge on any atom is -0.507 e. The van der Waals surface area contributed by atoms with Crippen molar-refractivity contribution < 1.29 is 19.7 Å². The number of phenolic OH excluding ortho intramolecular Hbond substituents is 1. The Bertz CT molecular complexity index is 417.